The first-order valence-corrected chi connectivity index (χ1v) is 8.79. The summed E-state index contributed by atoms with van der Waals surface area (Å²) in [6, 6.07) is 21.6. The highest BCUT2D eigenvalue weighted by Crippen LogP contribution is 2.25. The highest BCUT2D eigenvalue weighted by atomic mass is 16.5. The molecule has 0 atom stereocenters. The second kappa shape index (κ2) is 8.35. The molecule has 0 N–H and O–H groups in total. The number of ether oxygens (including phenoxy) is 2. The van der Waals surface area contributed by atoms with E-state index in [1.807, 2.05) is 43.3 Å². The third-order valence-electron chi connectivity index (χ3n) is 4.10. The monoisotopic (exact) mass is 372 g/mol. The highest BCUT2D eigenvalue weighted by Gasteiger charge is 2.09. The predicted molar refractivity (Wildman–Crippen MR) is 108 cm³/mol. The Morgan fingerprint density at radius 2 is 1.18 bits per heavy atom. The lowest BCUT2D eigenvalue weighted by atomic mass is 10.1. The number of hydrogen-bond donors (Lipinski definition) is 0. The van der Waals surface area contributed by atoms with Gasteiger partial charge in [0.15, 0.2) is 0 Å². The van der Waals surface area contributed by atoms with Gasteiger partial charge in [-0.15, -0.1) is 0 Å². The predicted octanol–water partition coefficient (Wildman–Crippen LogP) is 5.36. The van der Waals surface area contributed by atoms with Crippen LogP contribution in [-0.2, 0) is 4.79 Å². The van der Waals surface area contributed by atoms with Gasteiger partial charge in [-0.3, -0.25) is 0 Å². The van der Waals surface area contributed by atoms with E-state index < -0.39 is 11.9 Å². The van der Waals surface area contributed by atoms with Crippen molar-refractivity contribution >= 4 is 11.9 Å². The summed E-state index contributed by atoms with van der Waals surface area (Å²) in [5.74, 6) is 0.0886. The molecule has 0 amide bonds. The molecule has 0 heterocycles. The fourth-order valence-electron chi connectivity index (χ4n) is 2.48. The first kappa shape index (κ1) is 19.1. The summed E-state index contributed by atoms with van der Waals surface area (Å²) < 4.78 is 10.6. The van der Waals surface area contributed by atoms with Gasteiger partial charge in [-0.1, -0.05) is 48.5 Å². The van der Waals surface area contributed by atoms with Crippen LogP contribution < -0.4 is 9.47 Å². The molecule has 4 nitrogen and oxygen atoms in total. The average Bonchev–Trinajstić information content (AvgIpc) is 2.69. The molecule has 0 aliphatic rings. The number of aryl methyl sites for hydroxylation is 1. The standard InChI is InChI=1S/C24H20O4/c1-16(2)23(25)27-21-12-8-18(9-13-21)19-10-14-22(15-11-19)28-24(26)20-6-4-17(3)5-7-20/h4-15H,1H2,2-3H3. The molecule has 0 saturated carbocycles. The maximum atomic E-state index is 12.2. The molecule has 140 valence electrons. The summed E-state index contributed by atoms with van der Waals surface area (Å²) in [6.07, 6.45) is 0. The molecular formula is C24H20O4. The average molecular weight is 372 g/mol. The molecule has 0 unspecified atom stereocenters. The van der Waals surface area contributed by atoms with Crippen molar-refractivity contribution in [3.8, 4) is 22.6 Å². The lowest BCUT2D eigenvalue weighted by Gasteiger charge is -2.08. The summed E-state index contributed by atoms with van der Waals surface area (Å²) in [4.78, 5) is 23.7. The molecule has 28 heavy (non-hydrogen) atoms. The maximum Gasteiger partial charge on any atom is 0.343 e. The van der Waals surface area contributed by atoms with Crippen LogP contribution in [0.3, 0.4) is 0 Å². The van der Waals surface area contributed by atoms with Crippen LogP contribution in [0.25, 0.3) is 11.1 Å². The third-order valence-corrected chi connectivity index (χ3v) is 4.10. The second-order valence-corrected chi connectivity index (χ2v) is 6.47. The van der Waals surface area contributed by atoms with Gasteiger partial charge in [0.1, 0.15) is 11.5 Å². The van der Waals surface area contributed by atoms with Crippen LogP contribution in [0.2, 0.25) is 0 Å². The molecule has 0 aliphatic carbocycles. The normalized spacial score (nSPS) is 10.2. The summed E-state index contributed by atoms with van der Waals surface area (Å²) in [7, 11) is 0. The molecule has 0 spiro atoms. The van der Waals surface area contributed by atoms with Crippen molar-refractivity contribution in [3.63, 3.8) is 0 Å². The molecule has 3 aromatic rings. The van der Waals surface area contributed by atoms with Gasteiger partial charge in [-0.25, -0.2) is 9.59 Å². The number of rotatable bonds is 5. The number of hydrogen-bond acceptors (Lipinski definition) is 4. The number of esters is 2. The van der Waals surface area contributed by atoms with Gasteiger partial charge in [0.05, 0.1) is 5.56 Å². The van der Waals surface area contributed by atoms with Gasteiger partial charge in [-0.05, 0) is 61.4 Å². The van der Waals surface area contributed by atoms with Crippen molar-refractivity contribution in [1.29, 1.82) is 0 Å². The second-order valence-electron chi connectivity index (χ2n) is 6.47. The molecule has 0 aromatic heterocycles. The van der Waals surface area contributed by atoms with Gasteiger partial charge in [0, 0.05) is 5.57 Å². The van der Waals surface area contributed by atoms with Gasteiger partial charge >= 0.3 is 11.9 Å². The molecule has 0 fully saturated rings. The van der Waals surface area contributed by atoms with Crippen LogP contribution in [0.1, 0.15) is 22.8 Å². The Hall–Kier alpha value is -3.66. The van der Waals surface area contributed by atoms with Crippen molar-refractivity contribution in [2.24, 2.45) is 0 Å². The van der Waals surface area contributed by atoms with Gasteiger partial charge in [0.25, 0.3) is 0 Å². The lowest BCUT2D eigenvalue weighted by molar-refractivity contribution is -0.130. The SMILES string of the molecule is C=C(C)C(=O)Oc1ccc(-c2ccc(OC(=O)c3ccc(C)cc3)cc2)cc1. The van der Waals surface area contributed by atoms with E-state index >= 15 is 0 Å². The molecule has 3 rings (SSSR count). The minimum Gasteiger partial charge on any atom is -0.423 e. The number of carbonyl (C=O) groups excluding carboxylic acids is 2. The maximum absolute atomic E-state index is 12.2. The van der Waals surface area contributed by atoms with Crippen molar-refractivity contribution in [1.82, 2.24) is 0 Å². The van der Waals surface area contributed by atoms with E-state index in [1.165, 1.54) is 0 Å². The van der Waals surface area contributed by atoms with E-state index in [0.717, 1.165) is 16.7 Å². The van der Waals surface area contributed by atoms with E-state index in [9.17, 15) is 9.59 Å². The van der Waals surface area contributed by atoms with E-state index in [2.05, 4.69) is 6.58 Å². The Labute approximate surface area is 164 Å². The van der Waals surface area contributed by atoms with Crippen LogP contribution in [0, 0.1) is 6.92 Å². The topological polar surface area (TPSA) is 52.6 Å². The molecule has 0 aliphatic heterocycles. The first-order chi connectivity index (χ1) is 13.4. The molecular weight excluding hydrogens is 352 g/mol. The quantitative estimate of drug-likeness (QED) is 0.344. The van der Waals surface area contributed by atoms with Crippen molar-refractivity contribution in [2.45, 2.75) is 13.8 Å². The van der Waals surface area contributed by atoms with E-state index in [1.54, 1.807) is 43.3 Å². The Balaban J connectivity index is 1.67. The Kier molecular flexibility index (Phi) is 5.70. The molecule has 0 bridgehead atoms. The fraction of sp³-hybridized carbons (Fsp3) is 0.0833. The number of carbonyl (C=O) groups is 2. The minimum absolute atomic E-state index is 0.347. The van der Waals surface area contributed by atoms with E-state index in [0.29, 0.717) is 22.6 Å². The van der Waals surface area contributed by atoms with Crippen molar-refractivity contribution in [3.05, 3.63) is 96.1 Å². The molecule has 4 heteroatoms. The van der Waals surface area contributed by atoms with Crippen LogP contribution in [-0.4, -0.2) is 11.9 Å². The summed E-state index contributed by atoms with van der Waals surface area (Å²) in [5.41, 5.74) is 3.84. The Morgan fingerprint density at radius 1 is 0.714 bits per heavy atom. The first-order valence-electron chi connectivity index (χ1n) is 8.79. The zero-order chi connectivity index (χ0) is 20.1. The zero-order valence-electron chi connectivity index (χ0n) is 15.8. The van der Waals surface area contributed by atoms with E-state index in [-0.39, 0.29) is 0 Å². The zero-order valence-corrected chi connectivity index (χ0v) is 15.8. The van der Waals surface area contributed by atoms with Crippen LogP contribution in [0.5, 0.6) is 11.5 Å². The minimum atomic E-state index is -0.451. The summed E-state index contributed by atoms with van der Waals surface area (Å²) in [6.45, 7) is 7.12. The van der Waals surface area contributed by atoms with Crippen molar-refractivity contribution < 1.29 is 19.1 Å². The molecule has 3 aromatic carbocycles. The lowest BCUT2D eigenvalue weighted by Crippen LogP contribution is -2.08. The largest absolute Gasteiger partial charge is 0.423 e. The van der Waals surface area contributed by atoms with E-state index in [4.69, 9.17) is 9.47 Å². The number of benzene rings is 3. The third kappa shape index (κ3) is 4.74. The summed E-state index contributed by atoms with van der Waals surface area (Å²) in [5, 5.41) is 0. The van der Waals surface area contributed by atoms with Crippen LogP contribution >= 0.6 is 0 Å². The fourth-order valence-corrected chi connectivity index (χ4v) is 2.48. The van der Waals surface area contributed by atoms with Crippen LogP contribution in [0.15, 0.2) is 84.9 Å². The highest BCUT2D eigenvalue weighted by molar-refractivity contribution is 5.91. The van der Waals surface area contributed by atoms with Gasteiger partial charge in [0.2, 0.25) is 0 Å². The molecule has 0 saturated heterocycles. The Bertz CT molecular complexity index is 998. The summed E-state index contributed by atoms with van der Waals surface area (Å²) >= 11 is 0. The van der Waals surface area contributed by atoms with Gasteiger partial charge in [-0.2, -0.15) is 0 Å². The van der Waals surface area contributed by atoms with Crippen molar-refractivity contribution in [2.75, 3.05) is 0 Å². The van der Waals surface area contributed by atoms with Crippen LogP contribution in [0.4, 0.5) is 0 Å². The molecule has 0 radical (unpaired) electrons. The van der Waals surface area contributed by atoms with Gasteiger partial charge < -0.3 is 9.47 Å². The Morgan fingerprint density at radius 3 is 1.64 bits per heavy atom. The smallest absolute Gasteiger partial charge is 0.343 e.